The smallest absolute Gasteiger partial charge is 0.263 e. The van der Waals surface area contributed by atoms with Gasteiger partial charge in [-0.25, -0.2) is 9.97 Å². The molecule has 0 amide bonds. The van der Waals surface area contributed by atoms with Gasteiger partial charge >= 0.3 is 0 Å². The van der Waals surface area contributed by atoms with E-state index in [1.165, 1.54) is 6.92 Å². The van der Waals surface area contributed by atoms with Crippen LogP contribution in [0, 0.1) is 6.92 Å². The van der Waals surface area contributed by atoms with Crippen LogP contribution in [-0.4, -0.2) is 51.0 Å². The Hall–Kier alpha value is -3.33. The van der Waals surface area contributed by atoms with Crippen LogP contribution in [0.2, 0.25) is 0 Å². The van der Waals surface area contributed by atoms with Crippen LogP contribution in [0.15, 0.2) is 29.3 Å². The first-order valence-corrected chi connectivity index (χ1v) is 12.6. The third kappa shape index (κ3) is 4.52. The quantitative estimate of drug-likeness (QED) is 0.498. The number of nitrogens with one attached hydrogen (secondary N) is 2. The minimum Gasteiger partial charge on any atom is -0.369 e. The second kappa shape index (κ2) is 9.73. The highest BCUT2D eigenvalue weighted by Crippen LogP contribution is 2.32. The molecule has 0 aromatic carbocycles. The van der Waals surface area contributed by atoms with Crippen LogP contribution >= 0.6 is 0 Å². The lowest BCUT2D eigenvalue weighted by molar-refractivity contribution is 0.101. The van der Waals surface area contributed by atoms with Crippen LogP contribution in [0.5, 0.6) is 0 Å². The topological polar surface area (TPSA) is 105 Å². The fourth-order valence-corrected chi connectivity index (χ4v) is 5.52. The van der Waals surface area contributed by atoms with E-state index in [2.05, 4.69) is 38.5 Å². The molecule has 1 unspecified atom stereocenters. The Morgan fingerprint density at radius 2 is 1.94 bits per heavy atom. The third-order valence-electron chi connectivity index (χ3n) is 7.28. The van der Waals surface area contributed by atoms with E-state index in [0.717, 1.165) is 62.8 Å². The summed E-state index contributed by atoms with van der Waals surface area (Å²) in [5, 5.41) is 7.44. The fraction of sp³-hybridized carbons (Fsp3) is 0.500. The zero-order valence-electron chi connectivity index (χ0n) is 20.7. The molecule has 0 radical (unpaired) electrons. The fourth-order valence-electron chi connectivity index (χ4n) is 5.52. The van der Waals surface area contributed by atoms with Crippen molar-refractivity contribution >= 4 is 34.3 Å². The SMILES string of the molecule is CCNC1CCN(c2ccc(Nc3ncc4c(C)c(C(C)=O)c(=O)n(C5CCCC5)c4n3)nc2)C1. The summed E-state index contributed by atoms with van der Waals surface area (Å²) in [6.07, 6.45) is 8.67. The van der Waals surface area contributed by atoms with E-state index in [9.17, 15) is 9.59 Å². The van der Waals surface area contributed by atoms with Crippen molar-refractivity contribution in [2.45, 2.75) is 65.0 Å². The van der Waals surface area contributed by atoms with E-state index in [-0.39, 0.29) is 22.9 Å². The zero-order chi connectivity index (χ0) is 24.5. The van der Waals surface area contributed by atoms with Gasteiger partial charge in [0.1, 0.15) is 11.5 Å². The number of nitrogens with zero attached hydrogens (tertiary/aromatic N) is 5. The van der Waals surface area contributed by atoms with Crippen molar-refractivity contribution in [1.82, 2.24) is 24.8 Å². The molecule has 1 saturated carbocycles. The number of carbonyl (C=O) groups excluding carboxylic acids is 1. The average molecular weight is 476 g/mol. The summed E-state index contributed by atoms with van der Waals surface area (Å²) in [6, 6.07) is 4.56. The lowest BCUT2D eigenvalue weighted by atomic mass is 10.0. The Kier molecular flexibility index (Phi) is 6.51. The molecule has 9 nitrogen and oxygen atoms in total. The minimum absolute atomic E-state index is 0.0512. The average Bonchev–Trinajstić information content (AvgIpc) is 3.52. The maximum Gasteiger partial charge on any atom is 0.263 e. The predicted molar refractivity (Wildman–Crippen MR) is 138 cm³/mol. The molecular weight excluding hydrogens is 442 g/mol. The van der Waals surface area contributed by atoms with Gasteiger partial charge < -0.3 is 15.5 Å². The van der Waals surface area contributed by atoms with Gasteiger partial charge in [-0.2, -0.15) is 4.98 Å². The normalized spacial score (nSPS) is 18.5. The standard InChI is InChI=1S/C26H33N7O2/c1-4-27-18-11-12-32(15-18)20-9-10-22(28-13-20)30-26-29-14-21-16(2)23(17(3)34)25(35)33(24(21)31-26)19-7-5-6-8-19/h9-10,13-14,18-19,27H,4-8,11-12,15H2,1-3H3,(H,28,29,30,31). The van der Waals surface area contributed by atoms with Crippen molar-refractivity contribution in [3.63, 3.8) is 0 Å². The molecule has 1 aliphatic carbocycles. The molecule has 9 heteroatoms. The first kappa shape index (κ1) is 23.4. The summed E-state index contributed by atoms with van der Waals surface area (Å²) in [5.41, 5.74) is 2.30. The van der Waals surface area contributed by atoms with E-state index in [1.807, 2.05) is 12.3 Å². The monoisotopic (exact) mass is 475 g/mol. The van der Waals surface area contributed by atoms with Gasteiger partial charge in [0.05, 0.1) is 17.4 Å². The van der Waals surface area contributed by atoms with Gasteiger partial charge in [0.25, 0.3) is 5.56 Å². The summed E-state index contributed by atoms with van der Waals surface area (Å²) < 4.78 is 1.73. The molecule has 1 saturated heterocycles. The van der Waals surface area contributed by atoms with E-state index in [4.69, 9.17) is 4.98 Å². The molecule has 2 fully saturated rings. The molecular formula is C26H33N7O2. The first-order chi connectivity index (χ1) is 17.0. The molecule has 2 N–H and O–H groups in total. The van der Waals surface area contributed by atoms with Crippen molar-refractivity contribution in [2.75, 3.05) is 29.9 Å². The van der Waals surface area contributed by atoms with Crippen LogP contribution in [0.3, 0.4) is 0 Å². The Morgan fingerprint density at radius 1 is 1.14 bits per heavy atom. The number of fused-ring (bicyclic) bond motifs is 1. The van der Waals surface area contributed by atoms with Crippen molar-refractivity contribution in [3.8, 4) is 0 Å². The van der Waals surface area contributed by atoms with Crippen LogP contribution in [-0.2, 0) is 0 Å². The van der Waals surface area contributed by atoms with Crippen LogP contribution in [0.1, 0.15) is 67.9 Å². The number of pyridine rings is 2. The number of hydrogen-bond acceptors (Lipinski definition) is 8. The largest absolute Gasteiger partial charge is 0.369 e. The second-order valence-electron chi connectivity index (χ2n) is 9.62. The molecule has 5 rings (SSSR count). The number of anilines is 3. The predicted octanol–water partition coefficient (Wildman–Crippen LogP) is 3.74. The first-order valence-electron chi connectivity index (χ1n) is 12.6. The summed E-state index contributed by atoms with van der Waals surface area (Å²) in [7, 11) is 0. The van der Waals surface area contributed by atoms with Gasteiger partial charge in [-0.3, -0.25) is 14.2 Å². The number of aryl methyl sites for hydroxylation is 1. The number of likely N-dealkylation sites (N-methyl/N-ethyl adjacent to an activating group) is 1. The van der Waals surface area contributed by atoms with Gasteiger partial charge in [0.15, 0.2) is 5.78 Å². The Morgan fingerprint density at radius 3 is 2.63 bits per heavy atom. The van der Waals surface area contributed by atoms with E-state index < -0.39 is 0 Å². The van der Waals surface area contributed by atoms with Crippen LogP contribution < -0.4 is 21.1 Å². The van der Waals surface area contributed by atoms with Crippen LogP contribution in [0.25, 0.3) is 11.0 Å². The maximum atomic E-state index is 13.4. The highest BCUT2D eigenvalue weighted by molar-refractivity contribution is 5.99. The molecule has 0 bridgehead atoms. The van der Waals surface area contributed by atoms with E-state index >= 15 is 0 Å². The number of ketones is 1. The number of Topliss-reactive ketones (excluding diaryl/α,β-unsaturated/α-hetero) is 1. The number of carbonyl (C=O) groups is 1. The maximum absolute atomic E-state index is 13.4. The van der Waals surface area contributed by atoms with Gasteiger partial charge in [-0.15, -0.1) is 0 Å². The Labute approximate surface area is 205 Å². The summed E-state index contributed by atoms with van der Waals surface area (Å²) in [6.45, 7) is 8.36. The highest BCUT2D eigenvalue weighted by Gasteiger charge is 2.26. The summed E-state index contributed by atoms with van der Waals surface area (Å²) in [5.74, 6) is 0.803. The highest BCUT2D eigenvalue weighted by atomic mass is 16.1. The van der Waals surface area contributed by atoms with Gasteiger partial charge in [0, 0.05) is 36.8 Å². The molecule has 0 spiro atoms. The summed E-state index contributed by atoms with van der Waals surface area (Å²) in [4.78, 5) is 41.8. The van der Waals surface area contributed by atoms with Crippen molar-refractivity contribution < 1.29 is 4.79 Å². The number of rotatable bonds is 7. The summed E-state index contributed by atoms with van der Waals surface area (Å²) >= 11 is 0. The van der Waals surface area contributed by atoms with Gasteiger partial charge in [-0.05, 0) is 57.4 Å². The molecule has 184 valence electrons. The minimum atomic E-state index is -0.247. The Bertz CT molecular complexity index is 1300. The second-order valence-corrected chi connectivity index (χ2v) is 9.62. The van der Waals surface area contributed by atoms with Crippen molar-refractivity contribution in [1.29, 1.82) is 0 Å². The molecule has 3 aromatic rings. The third-order valence-corrected chi connectivity index (χ3v) is 7.28. The molecule has 2 aliphatic rings. The molecule has 3 aromatic heterocycles. The molecule has 1 aliphatic heterocycles. The van der Waals surface area contributed by atoms with E-state index in [1.54, 1.807) is 17.7 Å². The van der Waals surface area contributed by atoms with Crippen LogP contribution in [0.4, 0.5) is 17.5 Å². The number of aromatic nitrogens is 4. The molecule has 4 heterocycles. The number of hydrogen-bond donors (Lipinski definition) is 2. The van der Waals surface area contributed by atoms with Gasteiger partial charge in [0.2, 0.25) is 5.95 Å². The van der Waals surface area contributed by atoms with E-state index in [0.29, 0.717) is 29.0 Å². The Balaban J connectivity index is 1.45. The molecule has 1 atom stereocenters. The van der Waals surface area contributed by atoms with Crippen molar-refractivity contribution in [2.24, 2.45) is 0 Å². The van der Waals surface area contributed by atoms with Gasteiger partial charge in [-0.1, -0.05) is 19.8 Å². The zero-order valence-corrected chi connectivity index (χ0v) is 20.7. The van der Waals surface area contributed by atoms with Crippen molar-refractivity contribution in [3.05, 3.63) is 46.0 Å². The lowest BCUT2D eigenvalue weighted by Gasteiger charge is -2.20. The lowest BCUT2D eigenvalue weighted by Crippen LogP contribution is -2.32. The molecule has 35 heavy (non-hydrogen) atoms.